The highest BCUT2D eigenvalue weighted by Gasteiger charge is 2.14. The molecule has 1 atom stereocenters. The van der Waals surface area contributed by atoms with E-state index in [0.29, 0.717) is 0 Å². The first-order valence-corrected chi connectivity index (χ1v) is 8.79. The number of sulfonamides is 1. The summed E-state index contributed by atoms with van der Waals surface area (Å²) in [4.78, 5) is 2.59. The van der Waals surface area contributed by atoms with Crippen LogP contribution < -0.4 is 4.72 Å². The maximum atomic E-state index is 11.0. The van der Waals surface area contributed by atoms with Gasteiger partial charge in [0.15, 0.2) is 0 Å². The van der Waals surface area contributed by atoms with Crippen LogP contribution in [0.15, 0.2) is 29.6 Å². The van der Waals surface area contributed by atoms with Gasteiger partial charge in [-0.25, -0.2) is 13.1 Å². The van der Waals surface area contributed by atoms with Crippen LogP contribution >= 0.6 is 22.7 Å². The molecule has 2 heterocycles. The molecule has 7 heteroatoms. The number of rotatable bonds is 5. The first-order chi connectivity index (χ1) is 8.46. The van der Waals surface area contributed by atoms with Gasteiger partial charge in [0.05, 0.1) is 6.26 Å². The van der Waals surface area contributed by atoms with Gasteiger partial charge in [0.1, 0.15) is 6.10 Å². The molecule has 2 aromatic heterocycles. The first kappa shape index (κ1) is 13.7. The van der Waals surface area contributed by atoms with Crippen LogP contribution in [-0.2, 0) is 16.6 Å². The van der Waals surface area contributed by atoms with Crippen molar-refractivity contribution in [3.63, 3.8) is 0 Å². The largest absolute Gasteiger partial charge is 0.382 e. The van der Waals surface area contributed by atoms with Crippen LogP contribution in [0.3, 0.4) is 0 Å². The summed E-state index contributed by atoms with van der Waals surface area (Å²) in [6, 6.07) is 7.43. The molecule has 1 unspecified atom stereocenters. The third kappa shape index (κ3) is 3.63. The van der Waals surface area contributed by atoms with Crippen molar-refractivity contribution in [2.45, 2.75) is 12.6 Å². The SMILES string of the molecule is CS(=O)(=O)NCc1ccc(C(O)c2cccs2)s1. The molecule has 0 fully saturated rings. The molecule has 0 aliphatic carbocycles. The lowest BCUT2D eigenvalue weighted by Gasteiger charge is -2.04. The average molecular weight is 303 g/mol. The van der Waals surface area contributed by atoms with Gasteiger partial charge in [0.25, 0.3) is 0 Å². The summed E-state index contributed by atoms with van der Waals surface area (Å²) < 4.78 is 24.4. The lowest BCUT2D eigenvalue weighted by Crippen LogP contribution is -2.20. The second-order valence-corrected chi connectivity index (χ2v) is 7.83. The van der Waals surface area contributed by atoms with Gasteiger partial charge >= 0.3 is 0 Å². The molecular weight excluding hydrogens is 290 g/mol. The second-order valence-electron chi connectivity index (χ2n) is 3.82. The average Bonchev–Trinajstić information content (AvgIpc) is 2.96. The van der Waals surface area contributed by atoms with Crippen LogP contribution in [0.1, 0.15) is 20.7 Å². The Morgan fingerprint density at radius 2 is 2.11 bits per heavy atom. The number of aliphatic hydroxyl groups is 1. The second kappa shape index (κ2) is 5.50. The molecule has 0 aliphatic rings. The van der Waals surface area contributed by atoms with E-state index in [1.165, 1.54) is 22.7 Å². The van der Waals surface area contributed by atoms with Gasteiger partial charge in [0.2, 0.25) is 10.0 Å². The Balaban J connectivity index is 2.06. The molecule has 2 N–H and O–H groups in total. The summed E-state index contributed by atoms with van der Waals surface area (Å²) in [5.41, 5.74) is 0. The number of aliphatic hydroxyl groups excluding tert-OH is 1. The molecule has 0 saturated heterocycles. The Labute approximate surface area is 114 Å². The van der Waals surface area contributed by atoms with E-state index >= 15 is 0 Å². The lowest BCUT2D eigenvalue weighted by atomic mass is 10.2. The summed E-state index contributed by atoms with van der Waals surface area (Å²) >= 11 is 2.91. The van der Waals surface area contributed by atoms with Gasteiger partial charge < -0.3 is 5.11 Å². The van der Waals surface area contributed by atoms with E-state index in [1.807, 2.05) is 29.6 Å². The van der Waals surface area contributed by atoms with E-state index in [-0.39, 0.29) is 6.54 Å². The molecule has 0 aliphatic heterocycles. The fourth-order valence-electron chi connectivity index (χ4n) is 1.43. The number of hydrogen-bond donors (Lipinski definition) is 2. The molecule has 0 radical (unpaired) electrons. The monoisotopic (exact) mass is 303 g/mol. The standard InChI is InChI=1S/C11H13NO3S3/c1-18(14,15)12-7-8-4-5-10(17-8)11(13)9-3-2-6-16-9/h2-6,11-13H,7H2,1H3. The molecule has 4 nitrogen and oxygen atoms in total. The third-order valence-corrected chi connectivity index (χ3v) is 5.00. The normalized spacial score (nSPS) is 13.7. The zero-order valence-corrected chi connectivity index (χ0v) is 12.1. The van der Waals surface area contributed by atoms with Crippen molar-refractivity contribution < 1.29 is 13.5 Å². The van der Waals surface area contributed by atoms with Crippen molar-refractivity contribution in [2.75, 3.05) is 6.26 Å². The first-order valence-electron chi connectivity index (χ1n) is 5.20. The minimum absolute atomic E-state index is 0.265. The van der Waals surface area contributed by atoms with Gasteiger partial charge in [-0.15, -0.1) is 22.7 Å². The summed E-state index contributed by atoms with van der Waals surface area (Å²) in [5.74, 6) is 0. The zero-order chi connectivity index (χ0) is 13.2. The highest BCUT2D eigenvalue weighted by atomic mass is 32.2. The summed E-state index contributed by atoms with van der Waals surface area (Å²) in [6.45, 7) is 0.265. The van der Waals surface area contributed by atoms with Gasteiger partial charge in [-0.2, -0.15) is 0 Å². The fraction of sp³-hybridized carbons (Fsp3) is 0.273. The van der Waals surface area contributed by atoms with Crippen molar-refractivity contribution in [3.05, 3.63) is 44.3 Å². The van der Waals surface area contributed by atoms with Crippen molar-refractivity contribution in [1.29, 1.82) is 0 Å². The van der Waals surface area contributed by atoms with E-state index in [9.17, 15) is 13.5 Å². The highest BCUT2D eigenvalue weighted by molar-refractivity contribution is 7.88. The minimum atomic E-state index is -3.18. The van der Waals surface area contributed by atoms with Crippen molar-refractivity contribution >= 4 is 32.7 Å². The Bertz CT molecular complexity index is 601. The van der Waals surface area contributed by atoms with Gasteiger partial charge in [-0.1, -0.05) is 6.07 Å². The Hall–Kier alpha value is -0.730. The molecule has 0 aromatic carbocycles. The Morgan fingerprint density at radius 3 is 2.72 bits per heavy atom. The number of hydrogen-bond acceptors (Lipinski definition) is 5. The predicted octanol–water partition coefficient (Wildman–Crippen LogP) is 1.94. The number of nitrogens with one attached hydrogen (secondary N) is 1. The van der Waals surface area contributed by atoms with Crippen LogP contribution in [-0.4, -0.2) is 19.8 Å². The van der Waals surface area contributed by atoms with Gasteiger partial charge in [-0.05, 0) is 23.6 Å². The van der Waals surface area contributed by atoms with Gasteiger partial charge in [0, 0.05) is 21.2 Å². The molecule has 2 rings (SSSR count). The van der Waals surface area contributed by atoms with Crippen LogP contribution in [0.25, 0.3) is 0 Å². The molecule has 98 valence electrons. The van der Waals surface area contributed by atoms with Gasteiger partial charge in [-0.3, -0.25) is 0 Å². The quantitative estimate of drug-likeness (QED) is 0.887. The van der Waals surface area contributed by atoms with Crippen molar-refractivity contribution in [1.82, 2.24) is 4.72 Å². The van der Waals surface area contributed by atoms with E-state index in [0.717, 1.165) is 20.9 Å². The number of thiophene rings is 2. The fourth-order valence-corrected chi connectivity index (χ4v) is 3.69. The predicted molar refractivity (Wildman–Crippen MR) is 74.4 cm³/mol. The van der Waals surface area contributed by atoms with Crippen LogP contribution in [0.4, 0.5) is 0 Å². The molecule has 0 spiro atoms. The van der Waals surface area contributed by atoms with Crippen LogP contribution in [0.5, 0.6) is 0 Å². The van der Waals surface area contributed by atoms with Crippen LogP contribution in [0.2, 0.25) is 0 Å². The minimum Gasteiger partial charge on any atom is -0.382 e. The molecular formula is C11H13NO3S3. The van der Waals surface area contributed by atoms with E-state index in [1.54, 1.807) is 0 Å². The van der Waals surface area contributed by atoms with Crippen LogP contribution in [0, 0.1) is 0 Å². The van der Waals surface area contributed by atoms with Crippen molar-refractivity contribution in [2.24, 2.45) is 0 Å². The molecule has 0 bridgehead atoms. The summed E-state index contributed by atoms with van der Waals surface area (Å²) in [7, 11) is -3.18. The summed E-state index contributed by atoms with van der Waals surface area (Å²) in [6.07, 6.45) is 0.504. The molecule has 18 heavy (non-hydrogen) atoms. The van der Waals surface area contributed by atoms with E-state index in [2.05, 4.69) is 4.72 Å². The van der Waals surface area contributed by atoms with Crippen molar-refractivity contribution in [3.8, 4) is 0 Å². The Kier molecular flexibility index (Phi) is 4.18. The smallest absolute Gasteiger partial charge is 0.209 e. The highest BCUT2D eigenvalue weighted by Crippen LogP contribution is 2.30. The topological polar surface area (TPSA) is 66.4 Å². The zero-order valence-electron chi connectivity index (χ0n) is 9.66. The molecule has 0 saturated carbocycles. The third-order valence-electron chi connectivity index (χ3n) is 2.27. The maximum Gasteiger partial charge on any atom is 0.209 e. The maximum absolute atomic E-state index is 11.0. The molecule has 2 aromatic rings. The lowest BCUT2D eigenvalue weighted by molar-refractivity contribution is 0.228. The van der Waals surface area contributed by atoms with E-state index in [4.69, 9.17) is 0 Å². The Morgan fingerprint density at radius 1 is 1.33 bits per heavy atom. The molecule has 0 amide bonds. The summed E-state index contributed by atoms with van der Waals surface area (Å²) in [5, 5.41) is 12.0. The van der Waals surface area contributed by atoms with E-state index < -0.39 is 16.1 Å².